The van der Waals surface area contributed by atoms with Crippen molar-refractivity contribution in [2.75, 3.05) is 21.3 Å². The Kier molecular flexibility index (Phi) is 6.76. The van der Waals surface area contributed by atoms with E-state index in [9.17, 15) is 19.2 Å². The average molecular weight is 505 g/mol. The van der Waals surface area contributed by atoms with Gasteiger partial charge in [-0.3, -0.25) is 19.2 Å². The standard InChI is InChI=1S/C22H14Cl2N2O4S2/c23-13-1-3-17(15(11-13)25-19(27)5-6-20(25)28)31-9-10-32-18-4-2-14(24)12-16(18)26-21(29)7-8-22(26)30/h1-8,11-12H,9-10H2. The highest BCUT2D eigenvalue weighted by atomic mass is 35.5. The number of hydrogen-bond donors (Lipinski definition) is 0. The zero-order chi connectivity index (χ0) is 22.8. The van der Waals surface area contributed by atoms with Gasteiger partial charge in [0.2, 0.25) is 0 Å². The van der Waals surface area contributed by atoms with E-state index in [0.29, 0.717) is 32.9 Å². The second-order valence-corrected chi connectivity index (χ2v) is 9.76. The predicted molar refractivity (Wildman–Crippen MR) is 128 cm³/mol. The van der Waals surface area contributed by atoms with Crippen LogP contribution in [0.2, 0.25) is 10.0 Å². The van der Waals surface area contributed by atoms with Crippen LogP contribution in [0, 0.1) is 0 Å². The average Bonchev–Trinajstić information content (AvgIpc) is 3.27. The van der Waals surface area contributed by atoms with Gasteiger partial charge in [0.25, 0.3) is 23.6 Å². The van der Waals surface area contributed by atoms with Gasteiger partial charge in [-0.2, -0.15) is 0 Å². The summed E-state index contributed by atoms with van der Waals surface area (Å²) in [6.45, 7) is 0. The molecule has 2 aromatic carbocycles. The molecule has 0 aromatic heterocycles. The van der Waals surface area contributed by atoms with Crippen molar-refractivity contribution in [3.8, 4) is 0 Å². The molecule has 2 heterocycles. The van der Waals surface area contributed by atoms with Crippen molar-refractivity contribution in [2.24, 2.45) is 0 Å². The van der Waals surface area contributed by atoms with E-state index in [1.807, 2.05) is 0 Å². The number of nitrogens with zero attached hydrogens (tertiary/aromatic N) is 2. The van der Waals surface area contributed by atoms with Gasteiger partial charge in [-0.15, -0.1) is 23.5 Å². The minimum atomic E-state index is -0.409. The molecule has 162 valence electrons. The van der Waals surface area contributed by atoms with Crippen molar-refractivity contribution in [1.29, 1.82) is 0 Å². The summed E-state index contributed by atoms with van der Waals surface area (Å²) >= 11 is 15.1. The molecule has 0 fully saturated rings. The maximum absolute atomic E-state index is 12.1. The number of halogens is 2. The number of benzene rings is 2. The van der Waals surface area contributed by atoms with Gasteiger partial charge in [0, 0.05) is 55.6 Å². The Morgan fingerprint density at radius 1 is 0.594 bits per heavy atom. The van der Waals surface area contributed by atoms with Crippen LogP contribution < -0.4 is 9.80 Å². The van der Waals surface area contributed by atoms with E-state index in [2.05, 4.69) is 0 Å². The van der Waals surface area contributed by atoms with E-state index >= 15 is 0 Å². The van der Waals surface area contributed by atoms with Gasteiger partial charge in [0.05, 0.1) is 11.4 Å². The third-order valence-electron chi connectivity index (χ3n) is 4.54. The molecule has 2 aromatic rings. The van der Waals surface area contributed by atoms with E-state index in [0.717, 1.165) is 19.6 Å². The summed E-state index contributed by atoms with van der Waals surface area (Å²) in [5, 5.41) is 0.844. The maximum Gasteiger partial charge on any atom is 0.258 e. The summed E-state index contributed by atoms with van der Waals surface area (Å²) in [4.78, 5) is 52.0. The fourth-order valence-corrected chi connectivity index (χ4v) is 5.52. The van der Waals surface area contributed by atoms with Crippen LogP contribution in [0.15, 0.2) is 70.5 Å². The lowest BCUT2D eigenvalue weighted by molar-refractivity contribution is -0.121. The summed E-state index contributed by atoms with van der Waals surface area (Å²) in [7, 11) is 0. The number of carbonyl (C=O) groups excluding carboxylic acids is 4. The summed E-state index contributed by atoms with van der Waals surface area (Å²) in [6, 6.07) is 10.1. The molecule has 32 heavy (non-hydrogen) atoms. The topological polar surface area (TPSA) is 74.8 Å². The van der Waals surface area contributed by atoms with Gasteiger partial charge in [-0.1, -0.05) is 23.2 Å². The molecule has 6 nitrogen and oxygen atoms in total. The lowest BCUT2D eigenvalue weighted by atomic mass is 10.3. The summed E-state index contributed by atoms with van der Waals surface area (Å²) in [5.74, 6) is -0.377. The van der Waals surface area contributed by atoms with Crippen molar-refractivity contribution < 1.29 is 19.2 Å². The second-order valence-electron chi connectivity index (χ2n) is 6.61. The fraction of sp³-hybridized carbons (Fsp3) is 0.0909. The Morgan fingerprint density at radius 3 is 1.28 bits per heavy atom. The number of thioether (sulfide) groups is 2. The predicted octanol–water partition coefficient (Wildman–Crippen LogP) is 4.74. The van der Waals surface area contributed by atoms with E-state index < -0.39 is 23.6 Å². The molecule has 0 bridgehead atoms. The lowest BCUT2D eigenvalue weighted by Gasteiger charge is -2.19. The van der Waals surface area contributed by atoms with Gasteiger partial charge in [-0.25, -0.2) is 9.80 Å². The van der Waals surface area contributed by atoms with Crippen LogP contribution in [0.5, 0.6) is 0 Å². The van der Waals surface area contributed by atoms with Crippen LogP contribution in [-0.2, 0) is 19.2 Å². The van der Waals surface area contributed by atoms with Crippen molar-refractivity contribution in [2.45, 2.75) is 9.79 Å². The maximum atomic E-state index is 12.1. The van der Waals surface area contributed by atoms with Crippen LogP contribution >= 0.6 is 46.7 Å². The molecule has 0 radical (unpaired) electrons. The molecule has 0 aliphatic carbocycles. The molecular formula is C22H14Cl2N2O4S2. The van der Waals surface area contributed by atoms with Crippen molar-refractivity contribution in [1.82, 2.24) is 0 Å². The first kappa shape index (κ1) is 22.7. The molecule has 4 rings (SSSR count). The van der Waals surface area contributed by atoms with Crippen molar-refractivity contribution in [3.05, 3.63) is 70.7 Å². The Hall–Kier alpha value is -2.52. The molecule has 0 N–H and O–H groups in total. The Labute approximate surface area is 202 Å². The largest absolute Gasteiger partial charge is 0.269 e. The molecule has 0 saturated heterocycles. The van der Waals surface area contributed by atoms with E-state index in [4.69, 9.17) is 23.2 Å². The zero-order valence-corrected chi connectivity index (χ0v) is 19.4. The number of amides is 4. The van der Waals surface area contributed by atoms with Crippen LogP contribution in [0.4, 0.5) is 11.4 Å². The number of carbonyl (C=O) groups is 4. The highest BCUT2D eigenvalue weighted by molar-refractivity contribution is 8.03. The molecule has 10 heteroatoms. The highest BCUT2D eigenvalue weighted by Crippen LogP contribution is 2.37. The second kappa shape index (κ2) is 9.54. The number of anilines is 2. The summed E-state index contributed by atoms with van der Waals surface area (Å²) in [6.07, 6.45) is 4.91. The first-order valence-corrected chi connectivity index (χ1v) is 12.0. The first-order chi connectivity index (χ1) is 15.3. The van der Waals surface area contributed by atoms with Gasteiger partial charge >= 0.3 is 0 Å². The van der Waals surface area contributed by atoms with Gasteiger partial charge < -0.3 is 0 Å². The summed E-state index contributed by atoms with van der Waals surface area (Å²) in [5.41, 5.74) is 0.887. The minimum absolute atomic E-state index is 0.409. The van der Waals surface area contributed by atoms with Crippen LogP contribution in [-0.4, -0.2) is 35.1 Å². The van der Waals surface area contributed by atoms with E-state index in [1.54, 1.807) is 36.4 Å². The molecule has 0 unspecified atom stereocenters. The SMILES string of the molecule is O=C1C=CC(=O)N1c1cc(Cl)ccc1SCCSc1ccc(Cl)cc1N1C(=O)C=CC1=O. The fourth-order valence-electron chi connectivity index (χ4n) is 3.15. The number of imide groups is 2. The molecule has 2 aliphatic heterocycles. The van der Waals surface area contributed by atoms with Crippen LogP contribution in [0.25, 0.3) is 0 Å². The zero-order valence-electron chi connectivity index (χ0n) is 16.3. The monoisotopic (exact) mass is 504 g/mol. The minimum Gasteiger partial charge on any atom is -0.269 e. The van der Waals surface area contributed by atoms with Crippen LogP contribution in [0.3, 0.4) is 0 Å². The highest BCUT2D eigenvalue weighted by Gasteiger charge is 2.29. The molecule has 2 aliphatic rings. The Morgan fingerprint density at radius 2 is 0.938 bits per heavy atom. The van der Waals surface area contributed by atoms with Gasteiger partial charge in [0.1, 0.15) is 0 Å². The third kappa shape index (κ3) is 4.63. The van der Waals surface area contributed by atoms with Gasteiger partial charge in [0.15, 0.2) is 0 Å². The van der Waals surface area contributed by atoms with E-state index in [-0.39, 0.29) is 0 Å². The molecule has 4 amide bonds. The molecule has 0 atom stereocenters. The van der Waals surface area contributed by atoms with E-state index in [1.165, 1.54) is 47.8 Å². The molecular weight excluding hydrogens is 491 g/mol. The Balaban J connectivity index is 1.46. The van der Waals surface area contributed by atoms with Gasteiger partial charge in [-0.05, 0) is 36.4 Å². The quantitative estimate of drug-likeness (QED) is 0.308. The first-order valence-electron chi connectivity index (χ1n) is 9.32. The molecule has 0 saturated carbocycles. The normalized spacial score (nSPS) is 15.6. The Bertz CT molecular complexity index is 1080. The molecule has 0 spiro atoms. The smallest absolute Gasteiger partial charge is 0.258 e. The third-order valence-corrected chi connectivity index (χ3v) is 7.40. The summed E-state index contributed by atoms with van der Waals surface area (Å²) < 4.78 is 0. The van der Waals surface area contributed by atoms with Crippen molar-refractivity contribution in [3.63, 3.8) is 0 Å². The van der Waals surface area contributed by atoms with Crippen LogP contribution in [0.1, 0.15) is 0 Å². The lowest BCUT2D eigenvalue weighted by Crippen LogP contribution is -2.30. The number of rotatable bonds is 7. The number of hydrogen-bond acceptors (Lipinski definition) is 6. The van der Waals surface area contributed by atoms with Crippen molar-refractivity contribution >= 4 is 81.7 Å².